The van der Waals surface area contributed by atoms with Gasteiger partial charge in [-0.05, 0) is 19.3 Å². The highest BCUT2D eigenvalue weighted by atomic mass is 16.6. The Labute approximate surface area is 99.0 Å². The molecule has 0 rings (SSSR count). The molecule has 0 aliphatic heterocycles. The van der Waals surface area contributed by atoms with Crippen LogP contribution < -0.4 is 0 Å². The van der Waals surface area contributed by atoms with Gasteiger partial charge in [0, 0.05) is 6.61 Å². The van der Waals surface area contributed by atoms with Crippen molar-refractivity contribution in [1.29, 1.82) is 0 Å². The van der Waals surface area contributed by atoms with Gasteiger partial charge < -0.3 is 24.8 Å². The van der Waals surface area contributed by atoms with Gasteiger partial charge in [-0.15, -0.1) is 0 Å². The highest BCUT2D eigenvalue weighted by Crippen LogP contribution is 1.99. The molecule has 0 heterocycles. The Morgan fingerprint density at radius 2 is 1.53 bits per heavy atom. The molecule has 7 nitrogen and oxygen atoms in total. The van der Waals surface area contributed by atoms with Crippen molar-refractivity contribution in [2.45, 2.75) is 32.0 Å². The molecule has 0 spiro atoms. The van der Waals surface area contributed by atoms with Crippen molar-refractivity contribution in [1.82, 2.24) is 0 Å². The van der Waals surface area contributed by atoms with Gasteiger partial charge in [0.2, 0.25) is 0 Å². The third-order valence-electron chi connectivity index (χ3n) is 1.82. The van der Waals surface area contributed by atoms with E-state index in [4.69, 9.17) is 15.3 Å². The zero-order valence-corrected chi connectivity index (χ0v) is 9.50. The number of ether oxygens (including phenoxy) is 2. The lowest BCUT2D eigenvalue weighted by atomic mass is 10.2. The van der Waals surface area contributed by atoms with Gasteiger partial charge in [0.05, 0.1) is 6.61 Å². The quantitative estimate of drug-likeness (QED) is 0.218. The minimum Gasteiger partial charge on any atom is -0.457 e. The Balaban J connectivity index is 3.47. The van der Waals surface area contributed by atoms with Crippen molar-refractivity contribution < 1.29 is 34.4 Å². The van der Waals surface area contributed by atoms with Gasteiger partial charge in [0.25, 0.3) is 0 Å². The van der Waals surface area contributed by atoms with Gasteiger partial charge in [-0.3, -0.25) is 0 Å². The fraction of sp³-hybridized carbons (Fsp3) is 0.800. The molecule has 7 heteroatoms. The average Bonchev–Trinajstić information content (AvgIpc) is 2.30. The number of hydrogen-bond acceptors (Lipinski definition) is 7. The fourth-order valence-electron chi connectivity index (χ4n) is 1.00. The summed E-state index contributed by atoms with van der Waals surface area (Å²) in [4.78, 5) is 21.8. The van der Waals surface area contributed by atoms with Crippen molar-refractivity contribution in [3.8, 4) is 0 Å². The molecule has 0 aliphatic carbocycles. The van der Waals surface area contributed by atoms with E-state index in [1.54, 1.807) is 0 Å². The molecule has 0 saturated heterocycles. The molecule has 100 valence electrons. The highest BCUT2D eigenvalue weighted by Gasteiger charge is 2.17. The normalized spacial score (nSPS) is 10.4. The van der Waals surface area contributed by atoms with Crippen LogP contribution >= 0.6 is 0 Å². The zero-order valence-electron chi connectivity index (χ0n) is 9.50. The molecule has 0 fully saturated rings. The van der Waals surface area contributed by atoms with Crippen LogP contribution in [0.25, 0.3) is 0 Å². The van der Waals surface area contributed by atoms with Crippen molar-refractivity contribution in [3.63, 3.8) is 0 Å². The van der Waals surface area contributed by atoms with E-state index >= 15 is 0 Å². The van der Waals surface area contributed by atoms with E-state index in [1.165, 1.54) is 0 Å². The van der Waals surface area contributed by atoms with E-state index in [0.29, 0.717) is 12.8 Å². The van der Waals surface area contributed by atoms with Gasteiger partial charge in [-0.25, -0.2) is 9.59 Å². The number of aliphatic hydroxyl groups excluding tert-OH is 2. The standard InChI is InChI=1S/C10H18O7/c11-5-3-1-2-4-6-16-9(14)10(15)17-7-8(12)13/h8,11-13H,1-7H2. The molecule has 0 aromatic heterocycles. The Hall–Kier alpha value is -1.18. The summed E-state index contributed by atoms with van der Waals surface area (Å²) in [5, 5.41) is 25.3. The molecular formula is C10H18O7. The number of hydrogen-bond donors (Lipinski definition) is 3. The number of rotatable bonds is 8. The van der Waals surface area contributed by atoms with E-state index < -0.39 is 24.8 Å². The van der Waals surface area contributed by atoms with E-state index in [2.05, 4.69) is 9.47 Å². The topological polar surface area (TPSA) is 113 Å². The first-order chi connectivity index (χ1) is 8.07. The van der Waals surface area contributed by atoms with Gasteiger partial charge in [0.1, 0.15) is 6.61 Å². The summed E-state index contributed by atoms with van der Waals surface area (Å²) in [6.07, 6.45) is 1.12. The number of carbonyl (C=O) groups excluding carboxylic acids is 2. The van der Waals surface area contributed by atoms with Gasteiger partial charge in [-0.1, -0.05) is 6.42 Å². The maximum absolute atomic E-state index is 10.9. The first kappa shape index (κ1) is 15.8. The molecule has 3 N–H and O–H groups in total. The molecule has 0 aromatic carbocycles. The van der Waals surface area contributed by atoms with Crippen molar-refractivity contribution in [2.75, 3.05) is 19.8 Å². The molecule has 0 bridgehead atoms. The Bertz CT molecular complexity index is 227. The van der Waals surface area contributed by atoms with Gasteiger partial charge in [0.15, 0.2) is 6.29 Å². The second-order valence-corrected chi connectivity index (χ2v) is 3.35. The molecule has 0 saturated carbocycles. The van der Waals surface area contributed by atoms with Crippen LogP contribution in [0.2, 0.25) is 0 Å². The molecular weight excluding hydrogens is 232 g/mol. The van der Waals surface area contributed by atoms with Gasteiger partial charge in [-0.2, -0.15) is 0 Å². The predicted octanol–water partition coefficient (Wildman–Crippen LogP) is -1.06. The Morgan fingerprint density at radius 1 is 0.941 bits per heavy atom. The van der Waals surface area contributed by atoms with Gasteiger partial charge >= 0.3 is 11.9 Å². The van der Waals surface area contributed by atoms with Crippen LogP contribution in [0.3, 0.4) is 0 Å². The van der Waals surface area contributed by atoms with Crippen molar-refractivity contribution >= 4 is 11.9 Å². The number of aliphatic hydroxyl groups is 3. The third-order valence-corrected chi connectivity index (χ3v) is 1.82. The molecule has 0 amide bonds. The molecule has 0 radical (unpaired) electrons. The molecule has 0 aromatic rings. The number of unbranched alkanes of at least 4 members (excludes halogenated alkanes) is 3. The molecule has 0 aliphatic rings. The van der Waals surface area contributed by atoms with Crippen LogP contribution in [0.15, 0.2) is 0 Å². The average molecular weight is 250 g/mol. The van der Waals surface area contributed by atoms with E-state index in [-0.39, 0.29) is 13.2 Å². The predicted molar refractivity (Wildman–Crippen MR) is 55.7 cm³/mol. The van der Waals surface area contributed by atoms with Crippen molar-refractivity contribution in [2.24, 2.45) is 0 Å². The van der Waals surface area contributed by atoms with E-state index in [9.17, 15) is 9.59 Å². The van der Waals surface area contributed by atoms with Crippen LogP contribution in [0.4, 0.5) is 0 Å². The monoisotopic (exact) mass is 250 g/mol. The van der Waals surface area contributed by atoms with E-state index in [1.807, 2.05) is 0 Å². The first-order valence-corrected chi connectivity index (χ1v) is 5.38. The Morgan fingerprint density at radius 3 is 2.12 bits per heavy atom. The highest BCUT2D eigenvalue weighted by molar-refractivity contribution is 6.29. The number of carbonyl (C=O) groups is 2. The minimum atomic E-state index is -1.80. The molecule has 0 atom stereocenters. The van der Waals surface area contributed by atoms with E-state index in [0.717, 1.165) is 12.8 Å². The second kappa shape index (κ2) is 10.0. The lowest BCUT2D eigenvalue weighted by Gasteiger charge is -2.06. The summed E-state index contributed by atoms with van der Waals surface area (Å²) in [5.74, 6) is -2.39. The third kappa shape index (κ3) is 9.73. The fourth-order valence-corrected chi connectivity index (χ4v) is 1.00. The lowest BCUT2D eigenvalue weighted by Crippen LogP contribution is -2.25. The van der Waals surface area contributed by atoms with Crippen LogP contribution in [0.5, 0.6) is 0 Å². The van der Waals surface area contributed by atoms with Crippen LogP contribution in [0.1, 0.15) is 25.7 Å². The minimum absolute atomic E-state index is 0.0983. The summed E-state index contributed by atoms with van der Waals surface area (Å²) in [6, 6.07) is 0. The zero-order chi connectivity index (χ0) is 13.1. The largest absolute Gasteiger partial charge is 0.457 e. The molecule has 17 heavy (non-hydrogen) atoms. The molecule has 0 unspecified atom stereocenters. The summed E-state index contributed by atoms with van der Waals surface area (Å²) < 4.78 is 8.79. The SMILES string of the molecule is O=C(OCCCCCCO)C(=O)OCC(O)O. The number of esters is 2. The lowest BCUT2D eigenvalue weighted by molar-refractivity contribution is -0.174. The maximum atomic E-state index is 10.9. The summed E-state index contributed by atoms with van der Waals surface area (Å²) >= 11 is 0. The summed E-state index contributed by atoms with van der Waals surface area (Å²) in [7, 11) is 0. The van der Waals surface area contributed by atoms with Crippen LogP contribution in [-0.4, -0.2) is 53.4 Å². The van der Waals surface area contributed by atoms with Crippen molar-refractivity contribution in [3.05, 3.63) is 0 Å². The van der Waals surface area contributed by atoms with Crippen LogP contribution in [-0.2, 0) is 19.1 Å². The summed E-state index contributed by atoms with van der Waals surface area (Å²) in [6.45, 7) is -0.429. The Kier molecular flexibility index (Phi) is 9.31. The smallest absolute Gasteiger partial charge is 0.417 e. The first-order valence-electron chi connectivity index (χ1n) is 5.38. The summed E-state index contributed by atoms with van der Waals surface area (Å²) in [5.41, 5.74) is 0. The second-order valence-electron chi connectivity index (χ2n) is 3.35. The maximum Gasteiger partial charge on any atom is 0.417 e. The van der Waals surface area contributed by atoms with Crippen LogP contribution in [0, 0.1) is 0 Å².